The summed E-state index contributed by atoms with van der Waals surface area (Å²) < 4.78 is 1.93. The molecular weight excluding hydrogens is 327 g/mol. The van der Waals surface area contributed by atoms with Crippen molar-refractivity contribution in [3.63, 3.8) is 0 Å². The lowest BCUT2D eigenvalue weighted by molar-refractivity contribution is 0.184. The minimum atomic E-state index is -0.587. The van der Waals surface area contributed by atoms with Crippen molar-refractivity contribution < 1.29 is 5.11 Å². The molecule has 0 bridgehead atoms. The molecule has 0 radical (unpaired) electrons. The molecule has 1 aromatic carbocycles. The number of rotatable bonds is 6. The minimum Gasteiger partial charge on any atom is -0.385 e. The first kappa shape index (κ1) is 19.2. The first-order chi connectivity index (χ1) is 12.0. The number of imidazole rings is 1. The number of hydrogen-bond donors (Lipinski definition) is 1. The van der Waals surface area contributed by atoms with E-state index in [1.165, 1.54) is 10.9 Å². The van der Waals surface area contributed by atoms with Gasteiger partial charge in [-0.1, -0.05) is 46.1 Å². The van der Waals surface area contributed by atoms with Crippen molar-refractivity contribution in [2.75, 3.05) is 6.66 Å². The number of aliphatic hydroxyl groups excluding tert-OH is 1. The van der Waals surface area contributed by atoms with Crippen molar-refractivity contribution in [3.05, 3.63) is 71.8 Å². The normalized spacial score (nSPS) is 12.9. The van der Waals surface area contributed by atoms with Gasteiger partial charge in [0.1, 0.15) is 11.9 Å². The second-order valence-electron chi connectivity index (χ2n) is 5.79. The molecule has 3 nitrogen and oxygen atoms in total. The van der Waals surface area contributed by atoms with E-state index in [1.54, 1.807) is 13.1 Å². The van der Waals surface area contributed by atoms with Gasteiger partial charge in [0, 0.05) is 30.9 Å². The maximum Gasteiger partial charge on any atom is 0.137 e. The Bertz CT molecular complexity index is 804. The predicted octanol–water partition coefficient (Wildman–Crippen LogP) is 4.60. The summed E-state index contributed by atoms with van der Waals surface area (Å²) in [5.41, 5.74) is 3.23. The fourth-order valence-corrected chi connectivity index (χ4v) is 3.32. The van der Waals surface area contributed by atoms with Gasteiger partial charge in [-0.2, -0.15) is 0 Å². The van der Waals surface area contributed by atoms with Gasteiger partial charge in [-0.3, -0.25) is 0 Å². The van der Waals surface area contributed by atoms with E-state index in [2.05, 4.69) is 67.3 Å². The Morgan fingerprint density at radius 1 is 1.40 bits per heavy atom. The molecule has 1 unspecified atom stereocenters. The predicted molar refractivity (Wildman–Crippen MR) is 108 cm³/mol. The van der Waals surface area contributed by atoms with E-state index in [1.807, 2.05) is 10.8 Å². The molecule has 1 heterocycles. The Morgan fingerprint density at radius 3 is 2.72 bits per heavy atom. The summed E-state index contributed by atoms with van der Waals surface area (Å²) in [6.07, 6.45) is 5.99. The first-order valence-corrected chi connectivity index (χ1v) is 9.90. The molecule has 0 saturated carbocycles. The van der Waals surface area contributed by atoms with E-state index in [9.17, 15) is 5.11 Å². The summed E-state index contributed by atoms with van der Waals surface area (Å²) in [5, 5.41) is 11.0. The molecule has 0 spiro atoms. The van der Waals surface area contributed by atoms with Crippen LogP contribution in [-0.2, 0) is 6.54 Å². The van der Waals surface area contributed by atoms with Gasteiger partial charge in [-0.05, 0) is 48.2 Å². The van der Waals surface area contributed by atoms with Crippen molar-refractivity contribution in [2.45, 2.75) is 32.9 Å². The van der Waals surface area contributed by atoms with Crippen LogP contribution >= 0.6 is 8.58 Å². The number of nitrogens with zero attached hydrogens (tertiary/aromatic N) is 2. The van der Waals surface area contributed by atoms with Gasteiger partial charge in [0.25, 0.3) is 0 Å². The Morgan fingerprint density at radius 2 is 2.12 bits per heavy atom. The zero-order valence-electron chi connectivity index (χ0n) is 15.1. The molecule has 2 aromatic rings. The van der Waals surface area contributed by atoms with E-state index in [0.717, 1.165) is 17.6 Å². The quantitative estimate of drug-likeness (QED) is 0.469. The third-order valence-corrected chi connectivity index (χ3v) is 4.69. The Kier molecular flexibility index (Phi) is 7.19. The molecule has 0 fully saturated rings. The third kappa shape index (κ3) is 5.43. The fraction of sp³-hybridized carbons (Fsp3) is 0.286. The number of allylic oxidation sites excluding steroid dienone is 2. The molecule has 0 aliphatic heterocycles. The van der Waals surface area contributed by atoms with Crippen LogP contribution in [0.2, 0.25) is 0 Å². The van der Waals surface area contributed by atoms with Crippen LogP contribution in [0.3, 0.4) is 0 Å². The van der Waals surface area contributed by atoms with E-state index in [-0.39, 0.29) is 0 Å². The van der Waals surface area contributed by atoms with Gasteiger partial charge in [0.2, 0.25) is 0 Å². The number of hydrogen-bond acceptors (Lipinski definition) is 2. The lowest BCUT2D eigenvalue weighted by Gasteiger charge is -2.11. The van der Waals surface area contributed by atoms with E-state index >= 15 is 0 Å². The highest BCUT2D eigenvalue weighted by Gasteiger charge is 2.09. The van der Waals surface area contributed by atoms with Crippen LogP contribution in [0.5, 0.6) is 0 Å². The first-order valence-electron chi connectivity index (χ1n) is 8.40. The Balaban J connectivity index is 2.16. The largest absolute Gasteiger partial charge is 0.385 e. The topological polar surface area (TPSA) is 38.0 Å². The number of aliphatic hydroxyl groups is 1. The smallest absolute Gasteiger partial charge is 0.137 e. The summed E-state index contributed by atoms with van der Waals surface area (Å²) in [4.78, 5) is 4.20. The van der Waals surface area contributed by atoms with Crippen molar-refractivity contribution in [1.82, 2.24) is 9.55 Å². The molecule has 1 aromatic heterocycles. The molecule has 4 heteroatoms. The SMILES string of the molecule is C=C(/C=C(\PC)c1ccc(C#CCC)cc1)Cn1ccnc1[C@H](C)O. The molecule has 25 heavy (non-hydrogen) atoms. The molecule has 2 rings (SSSR count). The average Bonchev–Trinajstić information content (AvgIpc) is 3.06. The number of aromatic nitrogens is 2. The molecule has 0 aliphatic carbocycles. The van der Waals surface area contributed by atoms with Crippen LogP contribution in [-0.4, -0.2) is 21.3 Å². The van der Waals surface area contributed by atoms with Crippen LogP contribution in [0.25, 0.3) is 5.31 Å². The van der Waals surface area contributed by atoms with Crippen LogP contribution in [0.15, 0.2) is 54.9 Å². The zero-order valence-corrected chi connectivity index (χ0v) is 16.1. The molecule has 2 atom stereocenters. The van der Waals surface area contributed by atoms with E-state index in [4.69, 9.17) is 0 Å². The summed E-state index contributed by atoms with van der Waals surface area (Å²) in [7, 11) is 0.668. The Labute approximate surface area is 152 Å². The highest BCUT2D eigenvalue weighted by molar-refractivity contribution is 7.49. The summed E-state index contributed by atoms with van der Waals surface area (Å²) >= 11 is 0. The van der Waals surface area contributed by atoms with Crippen molar-refractivity contribution >= 4 is 13.9 Å². The highest BCUT2D eigenvalue weighted by atomic mass is 31.1. The van der Waals surface area contributed by atoms with Gasteiger partial charge in [-0.15, -0.1) is 0 Å². The monoisotopic (exact) mass is 352 g/mol. The summed E-state index contributed by atoms with van der Waals surface area (Å²) in [5.74, 6) is 6.90. The van der Waals surface area contributed by atoms with E-state index < -0.39 is 6.10 Å². The van der Waals surface area contributed by atoms with Gasteiger partial charge >= 0.3 is 0 Å². The molecule has 130 valence electrons. The van der Waals surface area contributed by atoms with Crippen molar-refractivity contribution in [1.29, 1.82) is 0 Å². The summed E-state index contributed by atoms with van der Waals surface area (Å²) in [6.45, 7) is 10.7. The van der Waals surface area contributed by atoms with Crippen LogP contribution in [0, 0.1) is 11.8 Å². The minimum absolute atomic E-state index is 0.587. The molecular formula is C21H25N2OP. The number of benzene rings is 1. The zero-order chi connectivity index (χ0) is 18.2. The lowest BCUT2D eigenvalue weighted by Crippen LogP contribution is -2.07. The third-order valence-electron chi connectivity index (χ3n) is 3.72. The average molecular weight is 352 g/mol. The summed E-state index contributed by atoms with van der Waals surface area (Å²) in [6, 6.07) is 8.37. The molecule has 1 N–H and O–H groups in total. The van der Waals surface area contributed by atoms with Crippen LogP contribution in [0.4, 0.5) is 0 Å². The fourth-order valence-electron chi connectivity index (χ4n) is 2.51. The van der Waals surface area contributed by atoms with Crippen LogP contribution < -0.4 is 0 Å². The van der Waals surface area contributed by atoms with Gasteiger partial charge in [-0.25, -0.2) is 4.98 Å². The molecule has 0 aliphatic rings. The maximum absolute atomic E-state index is 9.76. The van der Waals surface area contributed by atoms with Crippen molar-refractivity contribution in [2.24, 2.45) is 0 Å². The Hall–Kier alpha value is -2.14. The van der Waals surface area contributed by atoms with Gasteiger partial charge in [0.15, 0.2) is 0 Å². The second kappa shape index (κ2) is 9.37. The van der Waals surface area contributed by atoms with Crippen LogP contribution in [0.1, 0.15) is 43.3 Å². The van der Waals surface area contributed by atoms with Gasteiger partial charge in [0.05, 0.1) is 0 Å². The lowest BCUT2D eigenvalue weighted by atomic mass is 10.1. The maximum atomic E-state index is 9.76. The molecule has 0 amide bonds. The highest BCUT2D eigenvalue weighted by Crippen LogP contribution is 2.32. The molecule has 0 saturated heterocycles. The second-order valence-corrected chi connectivity index (χ2v) is 6.83. The van der Waals surface area contributed by atoms with E-state index in [0.29, 0.717) is 20.9 Å². The van der Waals surface area contributed by atoms with Gasteiger partial charge < -0.3 is 9.67 Å². The standard InChI is InChI=1S/C21H25N2OP/c1-5-6-7-18-8-10-19(11-9-18)20(25-4)14-16(2)15-23-13-12-22-21(23)17(3)24/h8-14,17,24-25H,2,5,15H2,1,3-4H3/b20-14-/t17-/m0/s1. The van der Waals surface area contributed by atoms with Crippen molar-refractivity contribution in [3.8, 4) is 11.8 Å².